The summed E-state index contributed by atoms with van der Waals surface area (Å²) in [7, 11) is 0. The normalized spacial score (nSPS) is 17.3. The van der Waals surface area contributed by atoms with E-state index in [1.807, 2.05) is 0 Å². The Morgan fingerprint density at radius 2 is 1.90 bits per heavy atom. The summed E-state index contributed by atoms with van der Waals surface area (Å²) in [5.41, 5.74) is -0.823. The minimum Gasteiger partial charge on any atom is -0.444 e. The summed E-state index contributed by atoms with van der Waals surface area (Å²) < 4.78 is 35.6. The van der Waals surface area contributed by atoms with E-state index in [0.717, 1.165) is 6.07 Å². The fourth-order valence-electron chi connectivity index (χ4n) is 4.89. The average Bonchev–Trinajstić information content (AvgIpc) is 3.73. The van der Waals surface area contributed by atoms with Crippen LogP contribution >= 0.6 is 0 Å². The topological polar surface area (TPSA) is 133 Å². The number of β-amino-alcohol motifs (C(OH)–C–C–N with tert-alkyl or cyclic N) is 1. The Hall–Kier alpha value is -4.66. The zero-order chi connectivity index (χ0) is 29.1. The van der Waals surface area contributed by atoms with Crippen LogP contribution in [0.4, 0.5) is 19.3 Å². The van der Waals surface area contributed by atoms with Crippen molar-refractivity contribution >= 4 is 24.0 Å². The van der Waals surface area contributed by atoms with Crippen molar-refractivity contribution in [3.05, 3.63) is 66.0 Å². The van der Waals surface area contributed by atoms with E-state index in [1.165, 1.54) is 33.3 Å². The van der Waals surface area contributed by atoms with Gasteiger partial charge >= 0.3 is 12.0 Å². The summed E-state index contributed by atoms with van der Waals surface area (Å²) >= 11 is 0. The van der Waals surface area contributed by atoms with Gasteiger partial charge in [0.1, 0.15) is 36.6 Å². The number of ether oxygens (including phenoxy) is 1. The number of hydrazone groups is 1. The Morgan fingerprint density at radius 3 is 2.59 bits per heavy atom. The Balaban J connectivity index is 1.35. The Labute approximate surface area is 234 Å². The molecule has 0 bridgehead atoms. The lowest BCUT2D eigenvalue weighted by Crippen LogP contribution is -2.55. The number of esters is 1. The molecule has 41 heavy (non-hydrogen) atoms. The molecule has 2 atom stereocenters. The highest BCUT2D eigenvalue weighted by Crippen LogP contribution is 2.35. The van der Waals surface area contributed by atoms with Crippen LogP contribution in [0.25, 0.3) is 5.69 Å². The van der Waals surface area contributed by atoms with Gasteiger partial charge in [0.2, 0.25) is 0 Å². The van der Waals surface area contributed by atoms with Crippen LogP contribution < -0.4 is 4.90 Å². The molecule has 0 aliphatic carbocycles. The van der Waals surface area contributed by atoms with Crippen LogP contribution in [0.1, 0.15) is 25.8 Å². The van der Waals surface area contributed by atoms with E-state index in [-0.39, 0.29) is 50.5 Å². The number of halogens is 2. The summed E-state index contributed by atoms with van der Waals surface area (Å²) in [6.07, 6.45) is 3.12. The number of urea groups is 1. The molecule has 5 rings (SSSR count). The molecule has 2 amide bonds. The molecule has 1 N–H and O–H groups in total. The summed E-state index contributed by atoms with van der Waals surface area (Å²) in [4.78, 5) is 29.7. The predicted molar refractivity (Wildman–Crippen MR) is 141 cm³/mol. The molecule has 2 aliphatic heterocycles. The molecule has 1 fully saturated rings. The molecule has 1 aromatic heterocycles. The molecular formula is C26H29F2N9O4. The molecule has 3 heterocycles. The maximum absolute atomic E-state index is 15.1. The average molecular weight is 570 g/mol. The highest BCUT2D eigenvalue weighted by Gasteiger charge is 2.47. The zero-order valence-corrected chi connectivity index (χ0v) is 22.5. The molecule has 1 saturated heterocycles. The molecule has 2 aliphatic rings. The van der Waals surface area contributed by atoms with E-state index in [0.29, 0.717) is 24.0 Å². The van der Waals surface area contributed by atoms with Gasteiger partial charge < -0.3 is 19.6 Å². The SMILES string of the molecule is CCC(=O)OCN1C=NN(C[C@](O)(c2ccc(F)cc2F)[C@@H](C)N2CCN(c3ccc(-n4cnnn4)cc3)C2=O)C1. The minimum absolute atomic E-state index is 0.0443. The number of anilines is 1. The zero-order valence-electron chi connectivity index (χ0n) is 22.5. The molecule has 0 radical (unpaired) electrons. The van der Waals surface area contributed by atoms with Gasteiger partial charge in [0.25, 0.3) is 0 Å². The number of nitrogens with zero attached hydrogens (tertiary/aromatic N) is 9. The standard InChI is InChI=1S/C26H29F2N9O4/c1-3-24(38)41-17-33-15-30-34(16-33)13-26(40,22-9-4-19(27)12-23(22)28)18(2)35-10-11-36(25(35)39)20-5-7-21(8-6-20)37-14-29-31-32-37/h4-9,12,14-15,18,40H,3,10-11,13,16-17H2,1-2H3/t18-,26-/m1/s1. The number of aliphatic hydroxyl groups is 1. The molecular weight excluding hydrogens is 540 g/mol. The number of amides is 2. The van der Waals surface area contributed by atoms with Crippen molar-refractivity contribution in [2.75, 3.05) is 37.9 Å². The summed E-state index contributed by atoms with van der Waals surface area (Å²) in [5.74, 6) is -2.12. The summed E-state index contributed by atoms with van der Waals surface area (Å²) in [6.45, 7) is 3.75. The van der Waals surface area contributed by atoms with E-state index >= 15 is 4.39 Å². The van der Waals surface area contributed by atoms with Crippen LogP contribution in [0.3, 0.4) is 0 Å². The first-order valence-corrected chi connectivity index (χ1v) is 13.0. The summed E-state index contributed by atoms with van der Waals surface area (Å²) in [5, 5.41) is 28.9. The van der Waals surface area contributed by atoms with E-state index in [2.05, 4.69) is 20.6 Å². The molecule has 3 aromatic rings. The second-order valence-corrected chi connectivity index (χ2v) is 9.75. The van der Waals surface area contributed by atoms with Gasteiger partial charge in [-0.05, 0) is 47.7 Å². The smallest absolute Gasteiger partial charge is 0.324 e. The van der Waals surface area contributed by atoms with Crippen molar-refractivity contribution in [2.24, 2.45) is 5.10 Å². The Bertz CT molecular complexity index is 1420. The van der Waals surface area contributed by atoms with Crippen LogP contribution in [0, 0.1) is 11.6 Å². The molecule has 2 aromatic carbocycles. The van der Waals surface area contributed by atoms with E-state index in [1.54, 1.807) is 47.9 Å². The van der Waals surface area contributed by atoms with Gasteiger partial charge in [-0.1, -0.05) is 13.0 Å². The quantitative estimate of drug-likeness (QED) is 0.364. The van der Waals surface area contributed by atoms with Gasteiger partial charge in [-0.25, -0.2) is 18.3 Å². The monoisotopic (exact) mass is 569 g/mol. The number of tetrazole rings is 1. The molecule has 0 saturated carbocycles. The maximum Gasteiger partial charge on any atom is 0.324 e. The molecule has 0 spiro atoms. The van der Waals surface area contributed by atoms with Gasteiger partial charge in [0.05, 0.1) is 18.3 Å². The maximum atomic E-state index is 15.1. The number of hydrogen-bond donors (Lipinski definition) is 1. The van der Waals surface area contributed by atoms with E-state index in [9.17, 15) is 19.1 Å². The first-order chi connectivity index (χ1) is 19.7. The van der Waals surface area contributed by atoms with Crippen LogP contribution in [0.2, 0.25) is 0 Å². The van der Waals surface area contributed by atoms with Crippen molar-refractivity contribution in [1.82, 2.24) is 35.0 Å². The third-order valence-corrected chi connectivity index (χ3v) is 7.20. The van der Waals surface area contributed by atoms with Crippen LogP contribution in [-0.4, -0.2) is 97.5 Å². The Morgan fingerprint density at radius 1 is 1.15 bits per heavy atom. The van der Waals surface area contributed by atoms with Crippen molar-refractivity contribution in [3.63, 3.8) is 0 Å². The van der Waals surface area contributed by atoms with E-state index in [4.69, 9.17) is 4.74 Å². The largest absolute Gasteiger partial charge is 0.444 e. The molecule has 15 heteroatoms. The van der Waals surface area contributed by atoms with Gasteiger partial charge in [-0.15, -0.1) is 5.10 Å². The van der Waals surface area contributed by atoms with Gasteiger partial charge in [0, 0.05) is 36.8 Å². The lowest BCUT2D eigenvalue weighted by atomic mass is 9.85. The first-order valence-electron chi connectivity index (χ1n) is 13.0. The minimum atomic E-state index is -1.99. The van der Waals surface area contributed by atoms with Crippen molar-refractivity contribution < 1.29 is 28.2 Å². The first kappa shape index (κ1) is 27.9. The second-order valence-electron chi connectivity index (χ2n) is 9.75. The van der Waals surface area contributed by atoms with Crippen LogP contribution in [0.5, 0.6) is 0 Å². The van der Waals surface area contributed by atoms with E-state index < -0.39 is 23.3 Å². The summed E-state index contributed by atoms with van der Waals surface area (Å²) in [6, 6.07) is 8.66. The second kappa shape index (κ2) is 11.4. The number of carbonyl (C=O) groups is 2. The van der Waals surface area contributed by atoms with Crippen LogP contribution in [0.15, 0.2) is 53.9 Å². The van der Waals surface area contributed by atoms with Crippen LogP contribution in [-0.2, 0) is 15.1 Å². The number of benzene rings is 2. The number of aromatic nitrogens is 4. The predicted octanol–water partition coefficient (Wildman–Crippen LogP) is 1.89. The van der Waals surface area contributed by atoms with Crippen molar-refractivity contribution in [2.45, 2.75) is 31.9 Å². The number of rotatable bonds is 10. The van der Waals surface area contributed by atoms with Gasteiger partial charge in [-0.3, -0.25) is 14.7 Å². The van der Waals surface area contributed by atoms with Gasteiger partial charge in [0.15, 0.2) is 6.73 Å². The molecule has 216 valence electrons. The molecule has 13 nitrogen and oxygen atoms in total. The fourth-order valence-corrected chi connectivity index (χ4v) is 4.89. The lowest BCUT2D eigenvalue weighted by molar-refractivity contribution is -0.146. The highest BCUT2D eigenvalue weighted by molar-refractivity contribution is 5.94. The lowest BCUT2D eigenvalue weighted by Gasteiger charge is -2.41. The number of carbonyl (C=O) groups excluding carboxylic acids is 2. The van der Waals surface area contributed by atoms with Crippen molar-refractivity contribution in [3.8, 4) is 5.69 Å². The fraction of sp³-hybridized carbons (Fsp3) is 0.385. The third-order valence-electron chi connectivity index (χ3n) is 7.20. The van der Waals surface area contributed by atoms with Crippen molar-refractivity contribution in [1.29, 1.82) is 0 Å². The highest BCUT2D eigenvalue weighted by atomic mass is 19.1. The van der Waals surface area contributed by atoms with Gasteiger partial charge in [-0.2, -0.15) is 5.10 Å². The molecule has 0 unspecified atom stereocenters. The Kier molecular flexibility index (Phi) is 7.79. The number of hydrogen-bond acceptors (Lipinski definition) is 10. The third kappa shape index (κ3) is 5.66.